The fraction of sp³-hybridized carbons (Fsp3) is 0.174. The molecule has 0 saturated carbocycles. The highest BCUT2D eigenvalue weighted by Gasteiger charge is 2.16. The highest BCUT2D eigenvalue weighted by molar-refractivity contribution is 7.46. The van der Waals surface area contributed by atoms with E-state index in [4.69, 9.17) is 14.5 Å². The quantitative estimate of drug-likeness (QED) is 0.402. The molecule has 0 radical (unpaired) electrons. The largest absolute Gasteiger partial charge is 0.524 e. The lowest BCUT2D eigenvalue weighted by Gasteiger charge is -2.22. The molecule has 0 spiro atoms. The molecule has 2 amide bonds. The Morgan fingerprint density at radius 2 is 1.61 bits per heavy atom. The van der Waals surface area contributed by atoms with Crippen molar-refractivity contribution < 1.29 is 32.8 Å². The summed E-state index contributed by atoms with van der Waals surface area (Å²) in [6, 6.07) is 19.4. The summed E-state index contributed by atoms with van der Waals surface area (Å²) >= 11 is 0. The first kappa shape index (κ1) is 24.3. The predicted molar refractivity (Wildman–Crippen MR) is 121 cm³/mol. The fourth-order valence-electron chi connectivity index (χ4n) is 3.13. The van der Waals surface area contributed by atoms with Crippen LogP contribution in [0.25, 0.3) is 11.1 Å². The van der Waals surface area contributed by atoms with E-state index in [0.717, 1.165) is 11.1 Å². The summed E-state index contributed by atoms with van der Waals surface area (Å²) in [7, 11) is -3.06. The van der Waals surface area contributed by atoms with Crippen LogP contribution in [0.2, 0.25) is 0 Å². The summed E-state index contributed by atoms with van der Waals surface area (Å²) < 4.78 is 34.6. The van der Waals surface area contributed by atoms with Gasteiger partial charge in [0, 0.05) is 13.6 Å². The maximum absolute atomic E-state index is 13.4. The van der Waals surface area contributed by atoms with E-state index in [1.54, 1.807) is 36.4 Å². The van der Waals surface area contributed by atoms with Crippen molar-refractivity contribution in [1.82, 2.24) is 10.2 Å². The molecule has 3 rings (SSSR count). The Hall–Kier alpha value is -3.39. The van der Waals surface area contributed by atoms with Gasteiger partial charge in [-0.1, -0.05) is 36.4 Å². The molecule has 33 heavy (non-hydrogen) atoms. The Morgan fingerprint density at radius 1 is 1.00 bits per heavy atom. The number of urea groups is 1. The van der Waals surface area contributed by atoms with E-state index < -0.39 is 7.82 Å². The Bertz CT molecular complexity index is 1120. The third-order valence-corrected chi connectivity index (χ3v) is 5.11. The molecular formula is C23H24FN2O6P. The van der Waals surface area contributed by atoms with Crippen LogP contribution in [-0.4, -0.2) is 40.9 Å². The molecule has 174 valence electrons. The Balaban J connectivity index is 1.56. The second-order valence-corrected chi connectivity index (χ2v) is 8.25. The monoisotopic (exact) mass is 474 g/mol. The maximum Gasteiger partial charge on any atom is 0.524 e. The Labute approximate surface area is 190 Å². The number of benzene rings is 3. The number of rotatable bonds is 9. The van der Waals surface area contributed by atoms with E-state index in [1.807, 2.05) is 12.1 Å². The average Bonchev–Trinajstić information content (AvgIpc) is 2.78. The van der Waals surface area contributed by atoms with Gasteiger partial charge < -0.3 is 19.5 Å². The van der Waals surface area contributed by atoms with Crippen LogP contribution in [0.3, 0.4) is 0 Å². The number of nitrogens with one attached hydrogen (secondary N) is 1. The first-order chi connectivity index (χ1) is 15.7. The number of phosphoric ester groups is 1. The van der Waals surface area contributed by atoms with Crippen molar-refractivity contribution in [2.24, 2.45) is 0 Å². The van der Waals surface area contributed by atoms with E-state index >= 15 is 0 Å². The van der Waals surface area contributed by atoms with E-state index in [2.05, 4.69) is 9.84 Å². The molecule has 0 saturated heterocycles. The molecule has 0 unspecified atom stereocenters. The molecule has 3 aromatic rings. The van der Waals surface area contributed by atoms with E-state index in [1.165, 1.54) is 36.2 Å². The molecule has 3 aromatic carbocycles. The van der Waals surface area contributed by atoms with Gasteiger partial charge in [0.15, 0.2) is 0 Å². The van der Waals surface area contributed by atoms with E-state index in [0.29, 0.717) is 17.9 Å². The molecule has 10 heteroatoms. The molecular weight excluding hydrogens is 450 g/mol. The number of carbonyl (C=O) groups is 1. The summed E-state index contributed by atoms with van der Waals surface area (Å²) in [5.74, 6) is 0.332. The summed E-state index contributed by atoms with van der Waals surface area (Å²) in [6.45, 7) is 0.803. The number of ether oxygens (including phenoxy) is 1. The normalized spacial score (nSPS) is 11.0. The first-order valence-corrected chi connectivity index (χ1v) is 11.6. The number of amides is 2. The highest BCUT2D eigenvalue weighted by atomic mass is 31.2. The van der Waals surface area contributed by atoms with Crippen LogP contribution in [0.1, 0.15) is 5.56 Å². The van der Waals surface area contributed by atoms with Crippen LogP contribution in [0.5, 0.6) is 11.5 Å². The molecule has 3 N–H and O–H groups in total. The zero-order chi connectivity index (χ0) is 23.8. The van der Waals surface area contributed by atoms with Crippen molar-refractivity contribution in [1.29, 1.82) is 0 Å². The highest BCUT2D eigenvalue weighted by Crippen LogP contribution is 2.38. The van der Waals surface area contributed by atoms with Crippen LogP contribution in [-0.2, 0) is 11.1 Å². The van der Waals surface area contributed by atoms with Crippen molar-refractivity contribution >= 4 is 13.9 Å². The standard InChI is InChI=1S/C23H24FN2O6P/c1-25-23(27)26(16-17-3-2-4-20(24)15-17)13-14-31-21-9-5-18(6-10-21)19-7-11-22(12-8-19)32-33(28,29)30/h2-12,15H,13-14,16H2,1H3,(H,25,27)(H2,28,29,30). The number of nitrogens with zero attached hydrogens (tertiary/aromatic N) is 1. The number of carbonyl (C=O) groups excluding carboxylic acids is 1. The second-order valence-electron chi connectivity index (χ2n) is 7.09. The lowest BCUT2D eigenvalue weighted by atomic mass is 10.1. The van der Waals surface area contributed by atoms with Crippen LogP contribution >= 0.6 is 7.82 Å². The van der Waals surface area contributed by atoms with Crippen LogP contribution in [0.4, 0.5) is 9.18 Å². The third-order valence-electron chi connectivity index (χ3n) is 4.66. The van der Waals surface area contributed by atoms with E-state index in [-0.39, 0.29) is 30.7 Å². The Morgan fingerprint density at radius 3 is 2.15 bits per heavy atom. The van der Waals surface area contributed by atoms with Gasteiger partial charge in [0.1, 0.15) is 23.9 Å². The molecule has 0 aliphatic carbocycles. The molecule has 8 nitrogen and oxygen atoms in total. The van der Waals surface area contributed by atoms with Gasteiger partial charge in [-0.2, -0.15) is 0 Å². The van der Waals surface area contributed by atoms with Crippen LogP contribution in [0, 0.1) is 5.82 Å². The third kappa shape index (κ3) is 7.61. The number of hydrogen-bond acceptors (Lipinski definition) is 4. The SMILES string of the molecule is CNC(=O)N(CCOc1ccc(-c2ccc(OP(=O)(O)O)cc2)cc1)Cc1cccc(F)c1. The molecule has 0 fully saturated rings. The topological polar surface area (TPSA) is 108 Å². The Kier molecular flexibility index (Phi) is 8.06. The predicted octanol–water partition coefficient (Wildman–Crippen LogP) is 4.18. The lowest BCUT2D eigenvalue weighted by Crippen LogP contribution is -2.40. The maximum atomic E-state index is 13.4. The van der Waals surface area contributed by atoms with Crippen molar-refractivity contribution in [2.75, 3.05) is 20.2 Å². The minimum Gasteiger partial charge on any atom is -0.492 e. The molecule has 0 heterocycles. The summed E-state index contributed by atoms with van der Waals surface area (Å²) in [4.78, 5) is 31.4. The van der Waals surface area contributed by atoms with Gasteiger partial charge in [-0.05, 0) is 53.1 Å². The molecule has 0 aliphatic rings. The molecule has 0 atom stereocenters. The number of halogens is 1. The summed E-state index contributed by atoms with van der Waals surface area (Å²) in [5, 5.41) is 2.58. The minimum atomic E-state index is -4.59. The van der Waals surface area contributed by atoms with Gasteiger partial charge in [-0.25, -0.2) is 13.8 Å². The lowest BCUT2D eigenvalue weighted by molar-refractivity contribution is 0.181. The van der Waals surface area contributed by atoms with Crippen LogP contribution in [0.15, 0.2) is 72.8 Å². The van der Waals surface area contributed by atoms with Gasteiger partial charge in [0.2, 0.25) is 0 Å². The second kappa shape index (κ2) is 11.0. The smallest absolute Gasteiger partial charge is 0.492 e. The van der Waals surface area contributed by atoms with Crippen LogP contribution < -0.4 is 14.6 Å². The zero-order valence-electron chi connectivity index (χ0n) is 17.8. The summed E-state index contributed by atoms with van der Waals surface area (Å²) in [6.07, 6.45) is 0. The van der Waals surface area contributed by atoms with E-state index in [9.17, 15) is 13.8 Å². The fourth-order valence-corrected chi connectivity index (χ4v) is 3.53. The van der Waals surface area contributed by atoms with Gasteiger partial charge in [0.05, 0.1) is 6.54 Å². The molecule has 0 bridgehead atoms. The van der Waals surface area contributed by atoms with Gasteiger partial charge >= 0.3 is 13.9 Å². The first-order valence-electron chi connectivity index (χ1n) is 10.0. The van der Waals surface area contributed by atoms with Gasteiger partial charge in [-0.3, -0.25) is 9.79 Å². The number of phosphoric acid groups is 1. The average molecular weight is 474 g/mol. The van der Waals surface area contributed by atoms with Crippen molar-refractivity contribution in [2.45, 2.75) is 6.54 Å². The minimum absolute atomic E-state index is 0.0750. The van der Waals surface area contributed by atoms with Crippen molar-refractivity contribution in [3.63, 3.8) is 0 Å². The van der Waals surface area contributed by atoms with Crippen molar-refractivity contribution in [3.8, 4) is 22.6 Å². The van der Waals surface area contributed by atoms with Gasteiger partial charge in [0.25, 0.3) is 0 Å². The number of hydrogen-bond donors (Lipinski definition) is 3. The molecule has 0 aromatic heterocycles. The van der Waals surface area contributed by atoms with Gasteiger partial charge in [-0.15, -0.1) is 0 Å². The summed E-state index contributed by atoms with van der Waals surface area (Å²) in [5.41, 5.74) is 2.39. The zero-order valence-corrected chi connectivity index (χ0v) is 18.7. The molecule has 0 aliphatic heterocycles. The van der Waals surface area contributed by atoms with Crippen molar-refractivity contribution in [3.05, 3.63) is 84.2 Å².